The average molecular weight is 517 g/mol. The van der Waals surface area contributed by atoms with Crippen molar-refractivity contribution >= 4 is 17.5 Å². The summed E-state index contributed by atoms with van der Waals surface area (Å²) in [6.45, 7) is 2.52. The van der Waals surface area contributed by atoms with E-state index >= 15 is 0 Å². The second kappa shape index (κ2) is 10.5. The number of β-amino-alcohol motifs (C(OH)–C–C–N with tert-alkyl or cyclic N) is 1. The number of carbonyl (C=O) groups is 1. The molecule has 194 valence electrons. The Balaban J connectivity index is 1.14. The van der Waals surface area contributed by atoms with Crippen LogP contribution >= 0.6 is 11.6 Å². The quantitative estimate of drug-likeness (QED) is 0.520. The summed E-state index contributed by atoms with van der Waals surface area (Å²) in [5, 5.41) is 30.9. The van der Waals surface area contributed by atoms with E-state index in [-0.39, 0.29) is 42.3 Å². The molecule has 2 fully saturated rings. The first kappa shape index (κ1) is 25.1. The number of amides is 1. The minimum absolute atomic E-state index is 0.00472. The van der Waals surface area contributed by atoms with Crippen LogP contribution in [0.25, 0.3) is 0 Å². The van der Waals surface area contributed by atoms with Gasteiger partial charge in [-0.2, -0.15) is 0 Å². The zero-order valence-electron chi connectivity index (χ0n) is 20.2. The molecule has 2 aromatic rings. The van der Waals surface area contributed by atoms with Crippen molar-refractivity contribution < 1.29 is 29.6 Å². The Morgan fingerprint density at radius 1 is 1.19 bits per heavy atom. The van der Waals surface area contributed by atoms with Crippen molar-refractivity contribution in [2.24, 2.45) is 0 Å². The zero-order valence-corrected chi connectivity index (χ0v) is 21.0. The molecule has 0 bridgehead atoms. The molecule has 2 atom stereocenters. The van der Waals surface area contributed by atoms with Crippen LogP contribution in [0.3, 0.4) is 0 Å². The highest BCUT2D eigenvalue weighted by atomic mass is 35.5. The van der Waals surface area contributed by atoms with Crippen LogP contribution in [0.4, 0.5) is 0 Å². The Morgan fingerprint density at radius 2 is 2.00 bits per heavy atom. The molecule has 3 N–H and O–H groups in total. The number of carbonyl (C=O) groups excluding carboxylic acids is 1. The van der Waals surface area contributed by atoms with Crippen LogP contribution < -0.4 is 9.47 Å². The molecule has 1 amide bonds. The first-order chi connectivity index (χ1) is 17.4. The van der Waals surface area contributed by atoms with Crippen LogP contribution in [0, 0.1) is 0 Å². The number of likely N-dealkylation sites (tertiary alicyclic amines) is 2. The summed E-state index contributed by atoms with van der Waals surface area (Å²) in [5.74, 6) is 0.889. The molecule has 3 heterocycles. The van der Waals surface area contributed by atoms with E-state index < -0.39 is 6.10 Å². The summed E-state index contributed by atoms with van der Waals surface area (Å²) in [7, 11) is 0. The van der Waals surface area contributed by atoms with E-state index in [0.29, 0.717) is 18.7 Å². The van der Waals surface area contributed by atoms with Gasteiger partial charge in [0.2, 0.25) is 0 Å². The molecule has 3 aliphatic rings. The van der Waals surface area contributed by atoms with Gasteiger partial charge in [0.05, 0.1) is 18.2 Å². The molecule has 3 aliphatic heterocycles. The summed E-state index contributed by atoms with van der Waals surface area (Å²) in [6.07, 6.45) is 3.41. The molecule has 9 heteroatoms. The maximum Gasteiger partial charge on any atom is 0.257 e. The lowest BCUT2D eigenvalue weighted by Crippen LogP contribution is -2.49. The maximum atomic E-state index is 13.1. The fourth-order valence-electron chi connectivity index (χ4n) is 5.62. The summed E-state index contributed by atoms with van der Waals surface area (Å²) in [4.78, 5) is 16.9. The lowest BCUT2D eigenvalue weighted by Gasteiger charge is -2.39. The third kappa shape index (κ3) is 5.27. The molecule has 0 aliphatic carbocycles. The van der Waals surface area contributed by atoms with Crippen LogP contribution in [0.2, 0.25) is 5.02 Å². The number of aliphatic hydroxyl groups is 2. The second-order valence-corrected chi connectivity index (χ2v) is 10.6. The van der Waals surface area contributed by atoms with Gasteiger partial charge in [0.1, 0.15) is 35.6 Å². The standard InChI is InChI=1S/C27H33ClN2O6/c28-19-3-6-24-18(12-19)14-27(36-24)7-10-29(11-8-27)15-22(33)17-35-25-13-21(32)4-5-23(25)26(34)30-9-1-2-20(30)16-31/h3-6,12-13,20,22,31-33H,1-2,7-11,14-17H2/t20-,22+/m0/s1. The number of halogens is 1. The molecule has 2 aromatic carbocycles. The molecule has 0 saturated carbocycles. The number of nitrogens with zero attached hydrogens (tertiary/aromatic N) is 2. The number of ether oxygens (including phenoxy) is 2. The van der Waals surface area contributed by atoms with Gasteiger partial charge >= 0.3 is 0 Å². The number of phenolic OH excluding ortho intramolecular Hbond substituents is 1. The van der Waals surface area contributed by atoms with E-state index in [1.165, 1.54) is 18.2 Å². The van der Waals surface area contributed by atoms with E-state index in [1.54, 1.807) is 4.90 Å². The molecule has 0 unspecified atom stereocenters. The molecular formula is C27H33ClN2O6. The van der Waals surface area contributed by atoms with E-state index in [4.69, 9.17) is 21.1 Å². The highest BCUT2D eigenvalue weighted by Gasteiger charge is 2.42. The fraction of sp³-hybridized carbons (Fsp3) is 0.519. The number of aromatic hydroxyl groups is 1. The SMILES string of the molecule is O=C(c1ccc(O)cc1OC[C@H](O)CN1CCC2(CC1)Cc1cc(Cl)ccc1O2)N1CCC[C@H]1CO. The molecular weight excluding hydrogens is 484 g/mol. The maximum absolute atomic E-state index is 13.1. The molecule has 8 nitrogen and oxygen atoms in total. The molecule has 2 saturated heterocycles. The summed E-state index contributed by atoms with van der Waals surface area (Å²) < 4.78 is 12.1. The lowest BCUT2D eigenvalue weighted by atomic mass is 9.87. The molecule has 1 spiro atoms. The minimum atomic E-state index is -0.762. The number of piperidine rings is 1. The topological polar surface area (TPSA) is 103 Å². The number of rotatable bonds is 7. The van der Waals surface area contributed by atoms with Crippen molar-refractivity contribution in [1.29, 1.82) is 0 Å². The van der Waals surface area contributed by atoms with Gasteiger partial charge in [-0.05, 0) is 48.7 Å². The fourth-order valence-corrected chi connectivity index (χ4v) is 5.81. The summed E-state index contributed by atoms with van der Waals surface area (Å²) in [5.41, 5.74) is 1.27. The summed E-state index contributed by atoms with van der Waals surface area (Å²) in [6, 6.07) is 9.94. The van der Waals surface area contributed by atoms with Gasteiger partial charge in [0, 0.05) is 56.5 Å². The van der Waals surface area contributed by atoms with E-state index in [1.807, 2.05) is 18.2 Å². The van der Waals surface area contributed by atoms with Crippen molar-refractivity contribution in [1.82, 2.24) is 9.80 Å². The monoisotopic (exact) mass is 516 g/mol. The summed E-state index contributed by atoms with van der Waals surface area (Å²) >= 11 is 6.14. The lowest BCUT2D eigenvalue weighted by molar-refractivity contribution is -0.00203. The Labute approximate surface area is 216 Å². The largest absolute Gasteiger partial charge is 0.508 e. The van der Waals surface area contributed by atoms with Gasteiger partial charge in [-0.3, -0.25) is 4.79 Å². The number of aliphatic hydroxyl groups excluding tert-OH is 2. The Bertz CT molecular complexity index is 1100. The van der Waals surface area contributed by atoms with E-state index in [2.05, 4.69) is 4.90 Å². The van der Waals surface area contributed by atoms with Crippen molar-refractivity contribution in [3.63, 3.8) is 0 Å². The van der Waals surface area contributed by atoms with Gasteiger partial charge in [-0.25, -0.2) is 0 Å². The Morgan fingerprint density at radius 3 is 2.78 bits per heavy atom. The number of phenols is 1. The zero-order chi connectivity index (χ0) is 25.3. The van der Waals surface area contributed by atoms with Gasteiger partial charge in [0.25, 0.3) is 5.91 Å². The van der Waals surface area contributed by atoms with Crippen LogP contribution in [0.15, 0.2) is 36.4 Å². The van der Waals surface area contributed by atoms with Gasteiger partial charge in [-0.1, -0.05) is 11.6 Å². The van der Waals surface area contributed by atoms with Crippen molar-refractivity contribution in [3.05, 3.63) is 52.5 Å². The normalized spacial score (nSPS) is 21.9. The van der Waals surface area contributed by atoms with Crippen LogP contribution in [0.5, 0.6) is 17.2 Å². The van der Waals surface area contributed by atoms with Crippen LogP contribution in [-0.2, 0) is 6.42 Å². The predicted octanol–water partition coefficient (Wildman–Crippen LogP) is 2.85. The van der Waals surface area contributed by atoms with Gasteiger partial charge in [-0.15, -0.1) is 0 Å². The molecule has 36 heavy (non-hydrogen) atoms. The van der Waals surface area contributed by atoms with Crippen molar-refractivity contribution in [2.75, 3.05) is 39.4 Å². The molecule has 5 rings (SSSR count). The highest BCUT2D eigenvalue weighted by molar-refractivity contribution is 6.30. The minimum Gasteiger partial charge on any atom is -0.508 e. The van der Waals surface area contributed by atoms with Crippen molar-refractivity contribution in [2.45, 2.75) is 49.9 Å². The number of hydrogen-bond donors (Lipinski definition) is 3. The highest BCUT2D eigenvalue weighted by Crippen LogP contribution is 2.42. The van der Waals surface area contributed by atoms with Crippen LogP contribution in [0.1, 0.15) is 41.6 Å². The van der Waals surface area contributed by atoms with Gasteiger partial charge in [0.15, 0.2) is 0 Å². The molecule has 0 aromatic heterocycles. The Kier molecular flexibility index (Phi) is 7.30. The molecule has 0 radical (unpaired) electrons. The van der Waals surface area contributed by atoms with E-state index in [0.717, 1.165) is 61.5 Å². The smallest absolute Gasteiger partial charge is 0.257 e. The van der Waals surface area contributed by atoms with Crippen LogP contribution in [-0.4, -0.2) is 88.2 Å². The predicted molar refractivity (Wildman–Crippen MR) is 135 cm³/mol. The first-order valence-corrected chi connectivity index (χ1v) is 13.0. The average Bonchev–Trinajstić information content (AvgIpc) is 3.48. The second-order valence-electron chi connectivity index (χ2n) is 10.1. The Hall–Kier alpha value is -2.52. The first-order valence-electron chi connectivity index (χ1n) is 12.6. The van der Waals surface area contributed by atoms with E-state index in [9.17, 15) is 20.1 Å². The third-order valence-electron chi connectivity index (χ3n) is 7.57. The number of benzene rings is 2. The number of hydrogen-bond acceptors (Lipinski definition) is 7. The number of fused-ring (bicyclic) bond motifs is 1. The van der Waals surface area contributed by atoms with Crippen molar-refractivity contribution in [3.8, 4) is 17.2 Å². The third-order valence-corrected chi connectivity index (χ3v) is 7.81. The van der Waals surface area contributed by atoms with Gasteiger partial charge < -0.3 is 34.6 Å².